The Bertz CT molecular complexity index is 943. The topological polar surface area (TPSA) is 76.1 Å². The molecule has 164 valence electrons. The number of carboxylic acid groups (broad SMARTS) is 1. The van der Waals surface area contributed by atoms with E-state index in [4.69, 9.17) is 0 Å². The van der Waals surface area contributed by atoms with Crippen LogP contribution in [0.15, 0.2) is 48.5 Å². The average molecular weight is 423 g/mol. The van der Waals surface area contributed by atoms with Crippen LogP contribution in [0.4, 0.5) is 21.0 Å². The van der Waals surface area contributed by atoms with Crippen molar-refractivity contribution < 1.29 is 14.7 Å². The van der Waals surface area contributed by atoms with E-state index in [1.54, 1.807) is 9.80 Å². The molecule has 1 fully saturated rings. The summed E-state index contributed by atoms with van der Waals surface area (Å²) >= 11 is 0. The van der Waals surface area contributed by atoms with Crippen LogP contribution in [0.1, 0.15) is 31.9 Å². The summed E-state index contributed by atoms with van der Waals surface area (Å²) in [6.07, 6.45) is -0.860. The molecule has 31 heavy (non-hydrogen) atoms. The molecule has 2 aromatic carbocycles. The van der Waals surface area contributed by atoms with Crippen LogP contribution in [-0.4, -0.2) is 52.7 Å². The summed E-state index contributed by atoms with van der Waals surface area (Å²) in [7, 11) is 0. The lowest BCUT2D eigenvalue weighted by molar-refractivity contribution is 0.0748. The highest BCUT2D eigenvalue weighted by Crippen LogP contribution is 2.30. The molecule has 4 rings (SSSR count). The lowest BCUT2D eigenvalue weighted by Crippen LogP contribution is -2.59. The number of carbonyl (C=O) groups is 2. The highest BCUT2D eigenvalue weighted by molar-refractivity contribution is 5.90. The Kier molecular flexibility index (Phi) is 5.52. The van der Waals surface area contributed by atoms with E-state index < -0.39 is 6.09 Å². The van der Waals surface area contributed by atoms with Crippen molar-refractivity contribution >= 4 is 23.5 Å². The molecule has 0 spiro atoms. The van der Waals surface area contributed by atoms with Gasteiger partial charge in [-0.2, -0.15) is 0 Å². The fourth-order valence-corrected chi connectivity index (χ4v) is 4.42. The number of hydrogen-bond acceptors (Lipinski definition) is 3. The van der Waals surface area contributed by atoms with Crippen molar-refractivity contribution in [2.24, 2.45) is 5.41 Å². The zero-order valence-electron chi connectivity index (χ0n) is 18.3. The molecule has 1 saturated heterocycles. The van der Waals surface area contributed by atoms with Gasteiger partial charge in [0.2, 0.25) is 0 Å². The molecular weight excluding hydrogens is 392 g/mol. The predicted molar refractivity (Wildman–Crippen MR) is 121 cm³/mol. The molecular formula is C24H30N4O3. The van der Waals surface area contributed by atoms with Crippen LogP contribution in [0.3, 0.4) is 0 Å². The second-order valence-corrected chi connectivity index (χ2v) is 9.41. The van der Waals surface area contributed by atoms with Crippen LogP contribution < -0.4 is 10.2 Å². The van der Waals surface area contributed by atoms with Gasteiger partial charge >= 0.3 is 12.1 Å². The van der Waals surface area contributed by atoms with E-state index in [9.17, 15) is 14.7 Å². The maximum Gasteiger partial charge on any atom is 0.407 e. The van der Waals surface area contributed by atoms with Gasteiger partial charge in [-0.05, 0) is 40.8 Å². The Morgan fingerprint density at radius 1 is 0.968 bits per heavy atom. The van der Waals surface area contributed by atoms with E-state index in [-0.39, 0.29) is 17.5 Å². The van der Waals surface area contributed by atoms with E-state index in [0.29, 0.717) is 32.7 Å². The minimum atomic E-state index is -0.860. The van der Waals surface area contributed by atoms with Gasteiger partial charge in [0.25, 0.3) is 0 Å². The van der Waals surface area contributed by atoms with Crippen LogP contribution in [0.5, 0.6) is 0 Å². The second-order valence-electron chi connectivity index (χ2n) is 9.41. The third-order valence-electron chi connectivity index (χ3n) is 6.24. The normalized spacial score (nSPS) is 18.7. The molecule has 0 bridgehead atoms. The van der Waals surface area contributed by atoms with Gasteiger partial charge in [-0.25, -0.2) is 9.59 Å². The van der Waals surface area contributed by atoms with Crippen LogP contribution in [0.25, 0.3) is 0 Å². The zero-order valence-corrected chi connectivity index (χ0v) is 18.3. The van der Waals surface area contributed by atoms with Crippen LogP contribution >= 0.6 is 0 Å². The third kappa shape index (κ3) is 4.45. The Hall–Kier alpha value is -3.22. The summed E-state index contributed by atoms with van der Waals surface area (Å²) in [5.41, 5.74) is 4.02. The number of anilines is 2. The number of piperazine rings is 1. The molecule has 2 aliphatic rings. The second kappa shape index (κ2) is 8.13. The van der Waals surface area contributed by atoms with Gasteiger partial charge < -0.3 is 25.1 Å². The number of carbonyl (C=O) groups excluding carboxylic acids is 1. The summed E-state index contributed by atoms with van der Waals surface area (Å²) in [6, 6.07) is 15.7. The third-order valence-corrected chi connectivity index (χ3v) is 6.24. The first-order valence-electron chi connectivity index (χ1n) is 10.7. The van der Waals surface area contributed by atoms with Crippen LogP contribution in [0.2, 0.25) is 0 Å². The number of nitrogens with zero attached hydrogens (tertiary/aromatic N) is 3. The predicted octanol–water partition coefficient (Wildman–Crippen LogP) is 4.45. The van der Waals surface area contributed by atoms with Crippen molar-refractivity contribution in [3.63, 3.8) is 0 Å². The molecule has 7 heteroatoms. The highest BCUT2D eigenvalue weighted by Gasteiger charge is 2.38. The van der Waals surface area contributed by atoms with Gasteiger partial charge in [0, 0.05) is 44.1 Å². The van der Waals surface area contributed by atoms with E-state index in [2.05, 4.69) is 43.1 Å². The SMILES string of the molecule is CC(C)(C)C1CN(c2ccc(NC(=O)N3Cc4ccccc4C3)cc2)CCN1C(=O)O. The lowest BCUT2D eigenvalue weighted by atomic mass is 9.84. The van der Waals surface area contributed by atoms with E-state index in [0.717, 1.165) is 11.4 Å². The minimum Gasteiger partial charge on any atom is -0.465 e. The molecule has 0 aromatic heterocycles. The molecule has 0 radical (unpaired) electrons. The van der Waals surface area contributed by atoms with Crippen LogP contribution in [-0.2, 0) is 13.1 Å². The fourth-order valence-electron chi connectivity index (χ4n) is 4.42. The molecule has 2 aliphatic heterocycles. The number of amides is 3. The number of hydrogen-bond donors (Lipinski definition) is 2. The fraction of sp³-hybridized carbons (Fsp3) is 0.417. The van der Waals surface area contributed by atoms with Gasteiger partial charge in [0.1, 0.15) is 0 Å². The summed E-state index contributed by atoms with van der Waals surface area (Å²) in [5.74, 6) is 0. The monoisotopic (exact) mass is 422 g/mol. The van der Waals surface area contributed by atoms with Crippen molar-refractivity contribution in [2.45, 2.75) is 39.9 Å². The van der Waals surface area contributed by atoms with Gasteiger partial charge in [0.05, 0.1) is 6.04 Å². The van der Waals surface area contributed by atoms with E-state index in [1.807, 2.05) is 36.4 Å². The van der Waals surface area contributed by atoms with E-state index >= 15 is 0 Å². The first-order chi connectivity index (χ1) is 14.7. The Labute approximate surface area is 183 Å². The molecule has 1 atom stereocenters. The van der Waals surface area contributed by atoms with E-state index in [1.165, 1.54) is 11.1 Å². The molecule has 0 aliphatic carbocycles. The summed E-state index contributed by atoms with van der Waals surface area (Å²) in [4.78, 5) is 29.9. The van der Waals surface area contributed by atoms with Gasteiger partial charge in [-0.15, -0.1) is 0 Å². The van der Waals surface area contributed by atoms with Gasteiger partial charge in [-0.3, -0.25) is 0 Å². The summed E-state index contributed by atoms with van der Waals surface area (Å²) < 4.78 is 0. The van der Waals surface area contributed by atoms with Crippen molar-refractivity contribution in [3.8, 4) is 0 Å². The van der Waals surface area contributed by atoms with Crippen molar-refractivity contribution in [1.29, 1.82) is 0 Å². The first kappa shape index (κ1) is 21.0. The van der Waals surface area contributed by atoms with Gasteiger partial charge in [0.15, 0.2) is 0 Å². The maximum atomic E-state index is 12.7. The first-order valence-corrected chi connectivity index (χ1v) is 10.7. The Morgan fingerprint density at radius 2 is 1.58 bits per heavy atom. The smallest absolute Gasteiger partial charge is 0.407 e. The average Bonchev–Trinajstić information content (AvgIpc) is 3.18. The Morgan fingerprint density at radius 3 is 2.13 bits per heavy atom. The summed E-state index contributed by atoms with van der Waals surface area (Å²) in [6.45, 7) is 9.25. The lowest BCUT2D eigenvalue weighted by Gasteiger charge is -2.46. The highest BCUT2D eigenvalue weighted by atomic mass is 16.4. The molecule has 2 aromatic rings. The molecule has 7 nitrogen and oxygen atoms in total. The largest absolute Gasteiger partial charge is 0.465 e. The molecule has 1 unspecified atom stereocenters. The Balaban J connectivity index is 1.39. The van der Waals surface area contributed by atoms with Crippen molar-refractivity contribution in [2.75, 3.05) is 29.9 Å². The quantitative estimate of drug-likeness (QED) is 0.750. The standard InChI is InChI=1S/C24H30N4O3/c1-24(2,3)21-16-26(12-13-28(21)23(30)31)20-10-8-19(9-11-20)25-22(29)27-14-17-6-4-5-7-18(17)15-27/h4-11,21H,12-16H2,1-3H3,(H,25,29)(H,30,31). The van der Waals surface area contributed by atoms with Gasteiger partial charge in [-0.1, -0.05) is 45.0 Å². The zero-order chi connectivity index (χ0) is 22.2. The number of rotatable bonds is 2. The molecule has 0 saturated carbocycles. The van der Waals surface area contributed by atoms with Crippen LogP contribution in [0, 0.1) is 5.41 Å². The number of nitrogens with one attached hydrogen (secondary N) is 1. The number of benzene rings is 2. The summed E-state index contributed by atoms with van der Waals surface area (Å²) in [5, 5.41) is 12.5. The molecule has 3 amide bonds. The maximum absolute atomic E-state index is 12.7. The number of fused-ring (bicyclic) bond motifs is 1. The molecule has 2 N–H and O–H groups in total. The molecule has 2 heterocycles. The number of urea groups is 1. The van der Waals surface area contributed by atoms with Crippen molar-refractivity contribution in [3.05, 3.63) is 59.7 Å². The minimum absolute atomic E-state index is 0.0880. The van der Waals surface area contributed by atoms with Crippen molar-refractivity contribution in [1.82, 2.24) is 9.80 Å².